The van der Waals surface area contributed by atoms with Crippen molar-refractivity contribution in [2.75, 3.05) is 7.11 Å². The summed E-state index contributed by atoms with van der Waals surface area (Å²) < 4.78 is 7.07. The third-order valence-electron chi connectivity index (χ3n) is 2.50. The molecule has 0 aliphatic carbocycles. The van der Waals surface area contributed by atoms with Crippen LogP contribution in [0.1, 0.15) is 5.56 Å². The number of methoxy groups -OCH3 is 1. The van der Waals surface area contributed by atoms with Gasteiger partial charge in [-0.05, 0) is 11.6 Å². The molecule has 2 aromatic rings. The second-order valence-corrected chi connectivity index (χ2v) is 3.70. The van der Waals surface area contributed by atoms with Gasteiger partial charge in [0, 0.05) is 18.7 Å². The molecule has 1 aromatic carbocycles. The van der Waals surface area contributed by atoms with E-state index in [1.54, 1.807) is 7.11 Å². The summed E-state index contributed by atoms with van der Waals surface area (Å²) in [5.41, 5.74) is 7.22. The number of nitrogens with two attached hydrogens (primary N) is 1. The molecule has 0 bridgehead atoms. The Morgan fingerprint density at radius 1 is 1.44 bits per heavy atom. The lowest BCUT2D eigenvalue weighted by Gasteiger charge is -2.01. The molecule has 0 fully saturated rings. The van der Waals surface area contributed by atoms with Crippen molar-refractivity contribution in [3.63, 3.8) is 0 Å². The summed E-state index contributed by atoms with van der Waals surface area (Å²) in [6.07, 6.45) is 2.18. The molecule has 0 spiro atoms. The topological polar surface area (TPSA) is 57.2 Å². The van der Waals surface area contributed by atoms with E-state index in [1.165, 1.54) is 0 Å². The molecule has 0 aliphatic rings. The maximum Gasteiger partial charge on any atom is 0.221 e. The van der Waals surface area contributed by atoms with Gasteiger partial charge >= 0.3 is 0 Å². The number of hydrogen-bond donors (Lipinski definition) is 1. The molecule has 0 saturated carbocycles. The van der Waals surface area contributed by atoms with Crippen LogP contribution < -0.4 is 5.73 Å². The van der Waals surface area contributed by atoms with Gasteiger partial charge in [-0.3, -0.25) is 4.79 Å². The highest BCUT2D eigenvalue weighted by Crippen LogP contribution is 2.21. The second-order valence-electron chi connectivity index (χ2n) is 3.70. The van der Waals surface area contributed by atoms with Gasteiger partial charge < -0.3 is 15.0 Å². The van der Waals surface area contributed by atoms with Gasteiger partial charge in [0.15, 0.2) is 0 Å². The third-order valence-corrected chi connectivity index (χ3v) is 2.50. The number of aromatic nitrogens is 1. The first-order valence-corrected chi connectivity index (χ1v) is 5.06. The van der Waals surface area contributed by atoms with Crippen LogP contribution in [0.15, 0.2) is 30.5 Å². The standard InChI is InChI=1S/C12H14N2O2/c1-16-8-14-7-9(6-12(13)15)10-4-2-3-5-11(10)14/h2-5,7H,6,8H2,1H3,(H2,13,15). The Morgan fingerprint density at radius 3 is 2.88 bits per heavy atom. The van der Waals surface area contributed by atoms with Crippen LogP contribution in [0, 0.1) is 0 Å². The number of rotatable bonds is 4. The first-order chi connectivity index (χ1) is 7.72. The Hall–Kier alpha value is -1.81. The summed E-state index contributed by atoms with van der Waals surface area (Å²) in [6.45, 7) is 0.472. The number of amides is 1. The number of benzene rings is 1. The minimum absolute atomic E-state index is 0.261. The molecule has 1 aromatic heterocycles. The predicted octanol–water partition coefficient (Wildman–Crippen LogP) is 1.27. The van der Waals surface area contributed by atoms with Crippen molar-refractivity contribution >= 4 is 16.8 Å². The van der Waals surface area contributed by atoms with Gasteiger partial charge in [-0.15, -0.1) is 0 Å². The minimum Gasteiger partial charge on any atom is -0.369 e. The molecule has 84 valence electrons. The Labute approximate surface area is 93.6 Å². The molecule has 0 unspecified atom stereocenters. The average molecular weight is 218 g/mol. The number of primary amides is 1. The lowest BCUT2D eigenvalue weighted by Crippen LogP contribution is -2.13. The van der Waals surface area contributed by atoms with E-state index in [9.17, 15) is 4.79 Å². The molecular weight excluding hydrogens is 204 g/mol. The van der Waals surface area contributed by atoms with Gasteiger partial charge in [-0.25, -0.2) is 0 Å². The number of carbonyl (C=O) groups excluding carboxylic acids is 1. The van der Waals surface area contributed by atoms with Gasteiger partial charge in [-0.1, -0.05) is 18.2 Å². The third kappa shape index (κ3) is 1.92. The van der Waals surface area contributed by atoms with E-state index >= 15 is 0 Å². The van der Waals surface area contributed by atoms with Gasteiger partial charge in [-0.2, -0.15) is 0 Å². The van der Waals surface area contributed by atoms with Gasteiger partial charge in [0.25, 0.3) is 0 Å². The maximum absolute atomic E-state index is 11.0. The lowest BCUT2D eigenvalue weighted by atomic mass is 10.1. The Kier molecular flexibility index (Phi) is 2.92. The molecule has 16 heavy (non-hydrogen) atoms. The SMILES string of the molecule is COCn1cc(CC(N)=O)c2ccccc21. The van der Waals surface area contributed by atoms with Crippen LogP contribution in [0.4, 0.5) is 0 Å². The zero-order valence-electron chi connectivity index (χ0n) is 9.14. The zero-order chi connectivity index (χ0) is 11.5. The van der Waals surface area contributed by atoms with Gasteiger partial charge in [0.1, 0.15) is 6.73 Å². The maximum atomic E-state index is 11.0. The van der Waals surface area contributed by atoms with E-state index in [1.807, 2.05) is 35.0 Å². The van der Waals surface area contributed by atoms with Crippen molar-refractivity contribution in [1.82, 2.24) is 4.57 Å². The van der Waals surface area contributed by atoms with Gasteiger partial charge in [0.2, 0.25) is 5.91 Å². The molecule has 4 heteroatoms. The van der Waals surface area contributed by atoms with Crippen molar-refractivity contribution in [3.05, 3.63) is 36.0 Å². The average Bonchev–Trinajstić information content (AvgIpc) is 2.58. The van der Waals surface area contributed by atoms with Crippen LogP contribution in [-0.4, -0.2) is 17.6 Å². The smallest absolute Gasteiger partial charge is 0.221 e. The van der Waals surface area contributed by atoms with Crippen molar-refractivity contribution in [2.45, 2.75) is 13.2 Å². The van der Waals surface area contributed by atoms with Crippen molar-refractivity contribution in [1.29, 1.82) is 0 Å². The van der Waals surface area contributed by atoms with Crippen LogP contribution in [0.3, 0.4) is 0 Å². The number of hydrogen-bond acceptors (Lipinski definition) is 2. The molecule has 0 aliphatic heterocycles. The first kappa shape index (κ1) is 10.7. The molecule has 1 amide bonds. The number of ether oxygens (including phenoxy) is 1. The van der Waals surface area contributed by atoms with E-state index in [0.717, 1.165) is 16.5 Å². The number of para-hydroxylation sites is 1. The summed E-state index contributed by atoms with van der Waals surface area (Å²) in [5, 5.41) is 1.05. The molecule has 1 heterocycles. The number of nitrogens with zero attached hydrogens (tertiary/aromatic N) is 1. The zero-order valence-corrected chi connectivity index (χ0v) is 9.14. The molecule has 0 saturated heterocycles. The van der Waals surface area contributed by atoms with Crippen LogP contribution in [0.5, 0.6) is 0 Å². The fourth-order valence-corrected chi connectivity index (χ4v) is 1.90. The van der Waals surface area contributed by atoms with Crippen LogP contribution >= 0.6 is 0 Å². The minimum atomic E-state index is -0.319. The fourth-order valence-electron chi connectivity index (χ4n) is 1.90. The fraction of sp³-hybridized carbons (Fsp3) is 0.250. The first-order valence-electron chi connectivity index (χ1n) is 5.06. The monoisotopic (exact) mass is 218 g/mol. The molecule has 4 nitrogen and oxygen atoms in total. The van der Waals surface area contributed by atoms with E-state index in [2.05, 4.69) is 0 Å². The van der Waals surface area contributed by atoms with E-state index < -0.39 is 0 Å². The summed E-state index contributed by atoms with van der Waals surface area (Å²) in [4.78, 5) is 11.0. The molecule has 0 atom stereocenters. The van der Waals surface area contributed by atoms with Crippen LogP contribution in [-0.2, 0) is 22.7 Å². The molecule has 2 N–H and O–H groups in total. The second kappa shape index (κ2) is 4.37. The van der Waals surface area contributed by atoms with E-state index in [-0.39, 0.29) is 12.3 Å². The highest BCUT2D eigenvalue weighted by Gasteiger charge is 2.09. The van der Waals surface area contributed by atoms with Crippen molar-refractivity contribution in [3.8, 4) is 0 Å². The van der Waals surface area contributed by atoms with E-state index in [0.29, 0.717) is 6.73 Å². The summed E-state index contributed by atoms with van der Waals surface area (Å²) >= 11 is 0. The van der Waals surface area contributed by atoms with Crippen LogP contribution in [0.25, 0.3) is 10.9 Å². The lowest BCUT2D eigenvalue weighted by molar-refractivity contribution is -0.117. The molecule has 2 rings (SSSR count). The highest BCUT2D eigenvalue weighted by atomic mass is 16.5. The van der Waals surface area contributed by atoms with Crippen molar-refractivity contribution in [2.24, 2.45) is 5.73 Å². The van der Waals surface area contributed by atoms with Crippen molar-refractivity contribution < 1.29 is 9.53 Å². The summed E-state index contributed by atoms with van der Waals surface area (Å²) in [5.74, 6) is -0.319. The highest BCUT2D eigenvalue weighted by molar-refractivity contribution is 5.88. The Balaban J connectivity index is 2.52. The number of fused-ring (bicyclic) bond motifs is 1. The Morgan fingerprint density at radius 2 is 2.19 bits per heavy atom. The Bertz CT molecular complexity index is 517. The van der Waals surface area contributed by atoms with Crippen LogP contribution in [0.2, 0.25) is 0 Å². The quantitative estimate of drug-likeness (QED) is 0.840. The largest absolute Gasteiger partial charge is 0.369 e. The normalized spacial score (nSPS) is 10.8. The summed E-state index contributed by atoms with van der Waals surface area (Å²) in [7, 11) is 1.64. The summed E-state index contributed by atoms with van der Waals surface area (Å²) in [6, 6.07) is 7.89. The predicted molar refractivity (Wildman–Crippen MR) is 61.8 cm³/mol. The van der Waals surface area contributed by atoms with Gasteiger partial charge in [0.05, 0.1) is 11.9 Å². The number of carbonyl (C=O) groups is 1. The molecule has 0 radical (unpaired) electrons. The van der Waals surface area contributed by atoms with E-state index in [4.69, 9.17) is 10.5 Å². The molecular formula is C12H14N2O2.